The van der Waals surface area contributed by atoms with Gasteiger partial charge in [0.1, 0.15) is 11.6 Å². The molecule has 20 heavy (non-hydrogen) atoms. The second-order valence-corrected chi connectivity index (χ2v) is 5.58. The first-order valence-electron chi connectivity index (χ1n) is 6.85. The molecule has 0 N–H and O–H groups in total. The van der Waals surface area contributed by atoms with Gasteiger partial charge < -0.3 is 9.80 Å². The van der Waals surface area contributed by atoms with Gasteiger partial charge in [0.05, 0.1) is 6.54 Å². The molecule has 0 unspecified atom stereocenters. The molecule has 0 aromatic heterocycles. The van der Waals surface area contributed by atoms with Crippen molar-refractivity contribution >= 4 is 5.91 Å². The maximum absolute atomic E-state index is 13.8. The lowest BCUT2D eigenvalue weighted by atomic mass is 9.90. The van der Waals surface area contributed by atoms with E-state index in [9.17, 15) is 13.6 Å². The number of halogens is 2. The van der Waals surface area contributed by atoms with Crippen molar-refractivity contribution in [3.63, 3.8) is 0 Å². The van der Waals surface area contributed by atoms with Gasteiger partial charge in [0, 0.05) is 19.0 Å². The van der Waals surface area contributed by atoms with E-state index >= 15 is 0 Å². The van der Waals surface area contributed by atoms with Gasteiger partial charge in [0.15, 0.2) is 0 Å². The Hall–Kier alpha value is -1.49. The van der Waals surface area contributed by atoms with Gasteiger partial charge in [-0.2, -0.15) is 0 Å². The van der Waals surface area contributed by atoms with Crippen LogP contribution in [0.5, 0.6) is 0 Å². The molecule has 1 aliphatic rings. The molecular formula is C15H20F2N2O. The number of benzene rings is 1. The number of nitrogens with zero attached hydrogens (tertiary/aromatic N) is 2. The van der Waals surface area contributed by atoms with E-state index in [0.29, 0.717) is 25.2 Å². The lowest BCUT2D eigenvalue weighted by molar-refractivity contribution is -0.133. The van der Waals surface area contributed by atoms with Crippen LogP contribution in [0, 0.1) is 11.6 Å². The summed E-state index contributed by atoms with van der Waals surface area (Å²) in [5.74, 6) is -0.904. The summed E-state index contributed by atoms with van der Waals surface area (Å²) in [6.45, 7) is 1.51. The third-order valence-electron chi connectivity index (χ3n) is 3.62. The fourth-order valence-electron chi connectivity index (χ4n) is 2.66. The molecule has 2 rings (SSSR count). The molecule has 1 heterocycles. The van der Waals surface area contributed by atoms with Crippen LogP contribution < -0.4 is 0 Å². The van der Waals surface area contributed by atoms with Crippen molar-refractivity contribution < 1.29 is 13.6 Å². The van der Waals surface area contributed by atoms with Crippen molar-refractivity contribution in [2.45, 2.75) is 18.8 Å². The van der Waals surface area contributed by atoms with Crippen LogP contribution >= 0.6 is 0 Å². The van der Waals surface area contributed by atoms with E-state index in [-0.39, 0.29) is 11.8 Å². The predicted octanol–water partition coefficient (Wildman–Crippen LogP) is 2.23. The zero-order chi connectivity index (χ0) is 14.7. The summed E-state index contributed by atoms with van der Waals surface area (Å²) in [4.78, 5) is 15.6. The van der Waals surface area contributed by atoms with Crippen molar-refractivity contribution in [3.8, 4) is 0 Å². The van der Waals surface area contributed by atoms with Crippen molar-refractivity contribution in [2.75, 3.05) is 33.7 Å². The van der Waals surface area contributed by atoms with Crippen LogP contribution in [-0.4, -0.2) is 49.4 Å². The van der Waals surface area contributed by atoms with Gasteiger partial charge >= 0.3 is 0 Å². The monoisotopic (exact) mass is 282 g/mol. The van der Waals surface area contributed by atoms with Crippen molar-refractivity contribution in [1.82, 2.24) is 9.80 Å². The van der Waals surface area contributed by atoms with Crippen LogP contribution in [0.25, 0.3) is 0 Å². The van der Waals surface area contributed by atoms with E-state index in [2.05, 4.69) is 0 Å². The Bertz CT molecular complexity index is 491. The van der Waals surface area contributed by atoms with Crippen LogP contribution in [0.4, 0.5) is 8.78 Å². The van der Waals surface area contributed by atoms with E-state index in [0.717, 1.165) is 25.0 Å². The first kappa shape index (κ1) is 14.9. The summed E-state index contributed by atoms with van der Waals surface area (Å²) in [6.07, 6.45) is 1.60. The molecule has 0 spiro atoms. The maximum atomic E-state index is 13.8. The van der Waals surface area contributed by atoms with Crippen LogP contribution in [0.2, 0.25) is 0 Å². The molecule has 1 aromatic rings. The molecule has 3 nitrogen and oxygen atoms in total. The number of amides is 1. The number of hydrogen-bond acceptors (Lipinski definition) is 2. The fourth-order valence-corrected chi connectivity index (χ4v) is 2.66. The Labute approximate surface area is 118 Å². The van der Waals surface area contributed by atoms with Gasteiger partial charge in [-0.05, 0) is 50.7 Å². The minimum atomic E-state index is -0.432. The van der Waals surface area contributed by atoms with Gasteiger partial charge in [-0.3, -0.25) is 4.79 Å². The molecule has 1 fully saturated rings. The lowest BCUT2D eigenvalue weighted by Gasteiger charge is -2.33. The molecule has 1 saturated heterocycles. The SMILES string of the molecule is CN(C)CC(=O)N1CCC[C@@H](c2cc(F)ccc2F)C1. The van der Waals surface area contributed by atoms with Gasteiger partial charge in [0.2, 0.25) is 5.91 Å². The summed E-state index contributed by atoms with van der Waals surface area (Å²) in [7, 11) is 3.68. The molecule has 0 radical (unpaired) electrons. The highest BCUT2D eigenvalue weighted by Gasteiger charge is 2.26. The Morgan fingerprint density at radius 3 is 2.85 bits per heavy atom. The molecule has 0 saturated carbocycles. The molecular weight excluding hydrogens is 262 g/mol. The number of hydrogen-bond donors (Lipinski definition) is 0. The second kappa shape index (κ2) is 6.31. The van der Waals surface area contributed by atoms with Gasteiger partial charge in [-0.15, -0.1) is 0 Å². The molecule has 1 atom stereocenters. The minimum Gasteiger partial charge on any atom is -0.341 e. The summed E-state index contributed by atoms with van der Waals surface area (Å²) in [6, 6.07) is 3.53. The molecule has 5 heteroatoms. The van der Waals surface area contributed by atoms with Crippen molar-refractivity contribution in [2.24, 2.45) is 0 Å². The summed E-state index contributed by atoms with van der Waals surface area (Å²) in [5, 5.41) is 0. The zero-order valence-corrected chi connectivity index (χ0v) is 11.9. The maximum Gasteiger partial charge on any atom is 0.236 e. The normalized spacial score (nSPS) is 19.4. The van der Waals surface area contributed by atoms with E-state index in [1.54, 1.807) is 4.90 Å². The highest BCUT2D eigenvalue weighted by molar-refractivity contribution is 5.78. The number of rotatable bonds is 3. The smallest absolute Gasteiger partial charge is 0.236 e. The minimum absolute atomic E-state index is 0.0384. The van der Waals surface area contributed by atoms with Crippen molar-refractivity contribution in [3.05, 3.63) is 35.4 Å². The quantitative estimate of drug-likeness (QED) is 0.849. The first-order valence-corrected chi connectivity index (χ1v) is 6.85. The van der Waals surface area contributed by atoms with Crippen molar-refractivity contribution in [1.29, 1.82) is 0 Å². The summed E-state index contributed by atoms with van der Waals surface area (Å²) < 4.78 is 27.1. The Balaban J connectivity index is 2.10. The third kappa shape index (κ3) is 3.54. The zero-order valence-electron chi connectivity index (χ0n) is 11.9. The number of carbonyl (C=O) groups is 1. The van der Waals surface area contributed by atoms with E-state index < -0.39 is 11.6 Å². The van der Waals surface area contributed by atoms with E-state index in [1.165, 1.54) is 6.07 Å². The van der Waals surface area contributed by atoms with Crippen LogP contribution in [0.3, 0.4) is 0 Å². The highest BCUT2D eigenvalue weighted by Crippen LogP contribution is 2.29. The van der Waals surface area contributed by atoms with Gasteiger partial charge in [-0.25, -0.2) is 8.78 Å². The van der Waals surface area contributed by atoms with Crippen LogP contribution in [0.1, 0.15) is 24.3 Å². The van der Waals surface area contributed by atoms with Gasteiger partial charge in [0.25, 0.3) is 0 Å². The Morgan fingerprint density at radius 1 is 1.40 bits per heavy atom. The largest absolute Gasteiger partial charge is 0.341 e. The Morgan fingerprint density at radius 2 is 2.15 bits per heavy atom. The van der Waals surface area contributed by atoms with E-state index in [1.807, 2.05) is 19.0 Å². The predicted molar refractivity (Wildman–Crippen MR) is 73.5 cm³/mol. The number of likely N-dealkylation sites (N-methyl/N-ethyl adjacent to an activating group) is 1. The molecule has 1 aromatic carbocycles. The average Bonchev–Trinajstić information content (AvgIpc) is 2.41. The summed E-state index contributed by atoms with van der Waals surface area (Å²) in [5.41, 5.74) is 0.382. The van der Waals surface area contributed by atoms with Gasteiger partial charge in [-0.1, -0.05) is 0 Å². The standard InChI is InChI=1S/C15H20F2N2O/c1-18(2)10-15(20)19-7-3-4-11(9-19)13-8-12(16)5-6-14(13)17/h5-6,8,11H,3-4,7,9-10H2,1-2H3/t11-/m1/s1. The first-order chi connectivity index (χ1) is 9.47. The Kier molecular flexibility index (Phi) is 4.70. The third-order valence-corrected chi connectivity index (χ3v) is 3.62. The van der Waals surface area contributed by atoms with E-state index in [4.69, 9.17) is 0 Å². The number of carbonyl (C=O) groups excluding carboxylic acids is 1. The molecule has 110 valence electrons. The summed E-state index contributed by atoms with van der Waals surface area (Å²) >= 11 is 0. The molecule has 1 aliphatic heterocycles. The topological polar surface area (TPSA) is 23.6 Å². The molecule has 1 amide bonds. The molecule has 0 aliphatic carbocycles. The lowest BCUT2D eigenvalue weighted by Crippen LogP contribution is -2.43. The average molecular weight is 282 g/mol. The number of likely N-dealkylation sites (tertiary alicyclic amines) is 1. The molecule has 0 bridgehead atoms. The second-order valence-electron chi connectivity index (χ2n) is 5.58. The van der Waals surface area contributed by atoms with Crippen LogP contribution in [-0.2, 0) is 4.79 Å². The fraction of sp³-hybridized carbons (Fsp3) is 0.533. The van der Waals surface area contributed by atoms with Crippen LogP contribution in [0.15, 0.2) is 18.2 Å². The number of piperidine rings is 1. The highest BCUT2D eigenvalue weighted by atomic mass is 19.1.